The van der Waals surface area contributed by atoms with E-state index in [1.54, 1.807) is 29.0 Å². The van der Waals surface area contributed by atoms with E-state index >= 15 is 0 Å². The quantitative estimate of drug-likeness (QED) is 0.178. The smallest absolute Gasteiger partial charge is 0.253 e. The number of carbonyl (C=O) groups excluding carboxylic acids is 2. The van der Waals surface area contributed by atoms with Crippen LogP contribution in [0.3, 0.4) is 0 Å². The van der Waals surface area contributed by atoms with E-state index in [4.69, 9.17) is 17.0 Å². The highest BCUT2D eigenvalue weighted by atomic mass is 35.5. The van der Waals surface area contributed by atoms with Gasteiger partial charge >= 0.3 is 0 Å². The molecule has 0 radical (unpaired) electrons. The Morgan fingerprint density at radius 3 is 2.45 bits per heavy atom. The summed E-state index contributed by atoms with van der Waals surface area (Å²) >= 11 is 6.15. The third kappa shape index (κ3) is 8.88. The Kier molecular flexibility index (Phi) is 12.8. The van der Waals surface area contributed by atoms with Crippen molar-refractivity contribution in [3.05, 3.63) is 88.2 Å². The maximum atomic E-state index is 15.0. The van der Waals surface area contributed by atoms with Gasteiger partial charge in [0.05, 0.1) is 5.69 Å². The van der Waals surface area contributed by atoms with Crippen LogP contribution in [-0.2, 0) is 4.79 Å². The standard InChI is InChI=1S/C31H37ClFN3O2.C2H6/c1-22-9-5-11-24(21-22)30(38)35(4)19-8-20-36(29-23(2)10-6-13-26(29)33)28(34)15-14-27(37)31(3)17-7-12-25(32)16-18-31;1-2/h5-7,9-11,13,16-17,21,34H,8,12,14-15,18-20H2,1-4H3;1-2H3. The van der Waals surface area contributed by atoms with Crippen molar-refractivity contribution in [1.82, 2.24) is 4.90 Å². The minimum absolute atomic E-state index is 0.0230. The monoisotopic (exact) mass is 567 g/mol. The van der Waals surface area contributed by atoms with Crippen molar-refractivity contribution in [1.29, 1.82) is 5.41 Å². The fourth-order valence-corrected chi connectivity index (χ4v) is 4.84. The maximum absolute atomic E-state index is 15.0. The van der Waals surface area contributed by atoms with Crippen molar-refractivity contribution in [3.8, 4) is 0 Å². The van der Waals surface area contributed by atoms with Gasteiger partial charge in [0, 0.05) is 55.4 Å². The summed E-state index contributed by atoms with van der Waals surface area (Å²) in [6.07, 6.45) is 7.72. The number of allylic oxidation sites excluding steroid dienone is 4. The SMILES string of the molecule is CC.Cc1cccc(C(=O)N(C)CCCN(C(=N)CCC(=O)C2(C)C=CCC(Cl)=CC2)c2c(C)cccc2F)c1. The summed E-state index contributed by atoms with van der Waals surface area (Å²) in [5.41, 5.74) is 2.02. The summed E-state index contributed by atoms with van der Waals surface area (Å²) in [5, 5.41) is 9.55. The van der Waals surface area contributed by atoms with Crippen LogP contribution in [0.1, 0.15) is 74.4 Å². The molecule has 1 aliphatic carbocycles. The van der Waals surface area contributed by atoms with Crippen molar-refractivity contribution >= 4 is 34.8 Å². The predicted octanol–water partition coefficient (Wildman–Crippen LogP) is 8.24. The maximum Gasteiger partial charge on any atom is 0.253 e. The molecule has 0 saturated heterocycles. The number of anilines is 1. The molecular weight excluding hydrogens is 525 g/mol. The van der Waals surface area contributed by atoms with Gasteiger partial charge < -0.3 is 9.80 Å². The molecule has 7 heteroatoms. The number of nitrogens with zero attached hydrogens (tertiary/aromatic N) is 2. The number of halogens is 2. The van der Waals surface area contributed by atoms with Gasteiger partial charge in [-0.15, -0.1) is 0 Å². The second-order valence-electron chi connectivity index (χ2n) is 10.3. The molecule has 0 aromatic heterocycles. The van der Waals surface area contributed by atoms with E-state index in [1.165, 1.54) is 6.07 Å². The van der Waals surface area contributed by atoms with Gasteiger partial charge in [0.25, 0.3) is 5.91 Å². The number of amides is 1. The lowest BCUT2D eigenvalue weighted by Crippen LogP contribution is -2.36. The topological polar surface area (TPSA) is 64.5 Å². The Hall–Kier alpha value is -3.25. The van der Waals surface area contributed by atoms with Gasteiger partial charge in [0.2, 0.25) is 0 Å². The molecule has 2 aromatic carbocycles. The van der Waals surface area contributed by atoms with Crippen LogP contribution in [-0.4, -0.2) is 42.6 Å². The normalized spacial score (nSPS) is 16.2. The molecule has 0 fully saturated rings. The molecule has 40 heavy (non-hydrogen) atoms. The molecule has 3 rings (SSSR count). The first-order chi connectivity index (χ1) is 19.0. The number of hydrogen-bond acceptors (Lipinski definition) is 3. The summed E-state index contributed by atoms with van der Waals surface area (Å²) in [7, 11) is 1.75. The first-order valence-corrected chi connectivity index (χ1v) is 14.4. The minimum Gasteiger partial charge on any atom is -0.342 e. The summed E-state index contributed by atoms with van der Waals surface area (Å²) in [5.74, 6) is -0.297. The molecule has 0 bridgehead atoms. The first kappa shape index (κ1) is 33.0. The number of ketones is 1. The number of para-hydroxylation sites is 1. The van der Waals surface area contributed by atoms with Crippen LogP contribution in [0.25, 0.3) is 0 Å². The fraction of sp³-hybridized carbons (Fsp3) is 0.424. The van der Waals surface area contributed by atoms with Gasteiger partial charge in [-0.05, 0) is 57.4 Å². The van der Waals surface area contributed by atoms with Crippen molar-refractivity contribution < 1.29 is 14.0 Å². The van der Waals surface area contributed by atoms with Crippen LogP contribution >= 0.6 is 11.6 Å². The Morgan fingerprint density at radius 1 is 1.07 bits per heavy atom. The van der Waals surface area contributed by atoms with Crippen LogP contribution in [0, 0.1) is 30.5 Å². The van der Waals surface area contributed by atoms with E-state index < -0.39 is 11.2 Å². The molecule has 2 aromatic rings. The first-order valence-electron chi connectivity index (χ1n) is 14.0. The molecule has 1 amide bonds. The lowest BCUT2D eigenvalue weighted by atomic mass is 9.80. The zero-order valence-electron chi connectivity index (χ0n) is 24.7. The molecule has 0 aliphatic heterocycles. The number of nitrogens with one attached hydrogen (secondary N) is 1. The van der Waals surface area contributed by atoms with Gasteiger partial charge in [-0.1, -0.05) is 73.5 Å². The minimum atomic E-state index is -0.672. The third-order valence-corrected chi connectivity index (χ3v) is 7.35. The molecule has 1 atom stereocenters. The van der Waals surface area contributed by atoms with Crippen LogP contribution in [0.4, 0.5) is 10.1 Å². The Morgan fingerprint density at radius 2 is 1.77 bits per heavy atom. The van der Waals surface area contributed by atoms with Crippen molar-refractivity contribution in [3.63, 3.8) is 0 Å². The number of carbonyl (C=O) groups is 2. The summed E-state index contributed by atoms with van der Waals surface area (Å²) in [6, 6.07) is 12.3. The third-order valence-electron chi connectivity index (χ3n) is 7.04. The summed E-state index contributed by atoms with van der Waals surface area (Å²) < 4.78 is 15.0. The highest BCUT2D eigenvalue weighted by Crippen LogP contribution is 2.33. The average molecular weight is 568 g/mol. The van der Waals surface area contributed by atoms with Crippen LogP contribution < -0.4 is 4.90 Å². The van der Waals surface area contributed by atoms with Gasteiger partial charge in [-0.3, -0.25) is 15.0 Å². The van der Waals surface area contributed by atoms with E-state index in [9.17, 15) is 14.0 Å². The van der Waals surface area contributed by atoms with Gasteiger partial charge in [0.1, 0.15) is 17.4 Å². The molecule has 0 heterocycles. The number of aryl methyl sites for hydroxylation is 2. The van der Waals surface area contributed by atoms with Gasteiger partial charge in [-0.2, -0.15) is 0 Å². The van der Waals surface area contributed by atoms with E-state index in [0.29, 0.717) is 49.2 Å². The van der Waals surface area contributed by atoms with Gasteiger partial charge in [-0.25, -0.2) is 4.39 Å². The molecule has 0 saturated carbocycles. The molecule has 1 N–H and O–H groups in total. The Balaban J connectivity index is 0.00000274. The fourth-order valence-electron chi connectivity index (χ4n) is 4.68. The number of hydrogen-bond donors (Lipinski definition) is 1. The highest BCUT2D eigenvalue weighted by Gasteiger charge is 2.30. The number of Topliss-reactive ketones (excluding diaryl/α,β-unsaturated/α-hetero) is 1. The Bertz CT molecular complexity index is 1240. The lowest BCUT2D eigenvalue weighted by Gasteiger charge is -2.29. The molecule has 0 spiro atoms. The average Bonchev–Trinajstić information content (AvgIpc) is 3.11. The second-order valence-corrected chi connectivity index (χ2v) is 10.7. The van der Waals surface area contributed by atoms with E-state index in [0.717, 1.165) is 10.6 Å². The van der Waals surface area contributed by atoms with Crippen LogP contribution in [0.2, 0.25) is 0 Å². The Labute approximate surface area is 244 Å². The van der Waals surface area contributed by atoms with Crippen molar-refractivity contribution in [2.75, 3.05) is 25.0 Å². The zero-order valence-corrected chi connectivity index (χ0v) is 25.4. The number of benzene rings is 2. The van der Waals surface area contributed by atoms with Gasteiger partial charge in [0.15, 0.2) is 0 Å². The van der Waals surface area contributed by atoms with Crippen LogP contribution in [0.15, 0.2) is 65.7 Å². The highest BCUT2D eigenvalue weighted by molar-refractivity contribution is 6.29. The molecule has 216 valence electrons. The molecular formula is C33H43ClFN3O2. The van der Waals surface area contributed by atoms with Crippen molar-refractivity contribution in [2.24, 2.45) is 5.41 Å². The lowest BCUT2D eigenvalue weighted by molar-refractivity contribution is -0.125. The molecule has 1 unspecified atom stereocenters. The second kappa shape index (κ2) is 15.5. The number of amidine groups is 1. The van der Waals surface area contributed by atoms with Crippen LogP contribution in [0.5, 0.6) is 0 Å². The molecule has 5 nitrogen and oxygen atoms in total. The summed E-state index contributed by atoms with van der Waals surface area (Å²) in [4.78, 5) is 29.3. The summed E-state index contributed by atoms with van der Waals surface area (Å²) in [6.45, 7) is 10.4. The van der Waals surface area contributed by atoms with E-state index in [2.05, 4.69) is 0 Å². The number of rotatable bonds is 10. The van der Waals surface area contributed by atoms with E-state index in [1.807, 2.05) is 77.1 Å². The molecule has 1 aliphatic rings. The predicted molar refractivity (Wildman–Crippen MR) is 165 cm³/mol. The van der Waals surface area contributed by atoms with Crippen molar-refractivity contribution in [2.45, 2.75) is 66.7 Å². The zero-order chi connectivity index (χ0) is 29.9. The largest absolute Gasteiger partial charge is 0.342 e. The van der Waals surface area contributed by atoms with E-state index in [-0.39, 0.29) is 30.4 Å².